The topological polar surface area (TPSA) is 120 Å². The molecule has 1 atom stereocenters. The molecule has 0 radical (unpaired) electrons. The number of fused-ring (bicyclic) bond motifs is 3. The van der Waals surface area contributed by atoms with E-state index in [2.05, 4.69) is 36.6 Å². The number of aromatic nitrogens is 5. The molecule has 6 heterocycles. The molecule has 3 aliphatic heterocycles. The smallest absolute Gasteiger partial charge is 0.297 e. The number of hydrogen-bond donors (Lipinski definition) is 2. The van der Waals surface area contributed by atoms with Gasteiger partial charge in [-0.1, -0.05) is 23.8 Å². The highest BCUT2D eigenvalue weighted by molar-refractivity contribution is 6.33. The number of H-pyrrole nitrogens is 2. The van der Waals surface area contributed by atoms with Crippen LogP contribution in [0.3, 0.4) is 0 Å². The van der Waals surface area contributed by atoms with E-state index in [-0.39, 0.29) is 34.1 Å². The standard InChI is InChI=1S/C32H35ClFN7O3/c1-19-14-32(9-6-12-41(32)17-19)18-44-31-37-28-22(30(43)38-31)15-35-29(27(28)34)26-20(23(33)13-24-21(26)16-36-39-24)7-2-3-8-25(42)40-10-4-5-11-40/h13,15-16H,1-12,14,17-18H2,(H,36,39)(H,37,38,43). The largest absolute Gasteiger partial charge is 0.463 e. The molecule has 3 saturated heterocycles. The number of pyridine rings is 1. The van der Waals surface area contributed by atoms with Crippen LogP contribution in [0.2, 0.25) is 5.02 Å². The number of rotatable bonds is 9. The van der Waals surface area contributed by atoms with E-state index in [4.69, 9.17) is 16.3 Å². The monoisotopic (exact) mass is 619 g/mol. The molecule has 10 nitrogen and oxygen atoms in total. The number of aromatic amines is 2. The number of ether oxygens (including phenoxy) is 1. The normalized spacial score (nSPS) is 20.3. The van der Waals surface area contributed by atoms with Crippen molar-refractivity contribution in [2.24, 2.45) is 0 Å². The molecule has 1 amide bonds. The highest BCUT2D eigenvalue weighted by Crippen LogP contribution is 2.41. The van der Waals surface area contributed by atoms with Gasteiger partial charge in [0.2, 0.25) is 5.91 Å². The Hall–Kier alpha value is -3.83. The molecule has 0 aliphatic carbocycles. The second-order valence-corrected chi connectivity index (χ2v) is 12.8. The first-order chi connectivity index (χ1) is 21.3. The Morgan fingerprint density at radius 1 is 1.16 bits per heavy atom. The fraction of sp³-hybridized carbons (Fsp3) is 0.469. The van der Waals surface area contributed by atoms with Gasteiger partial charge in [0.05, 0.1) is 22.6 Å². The Labute approximate surface area is 258 Å². The van der Waals surface area contributed by atoms with Crippen molar-refractivity contribution in [2.75, 3.05) is 32.8 Å². The van der Waals surface area contributed by atoms with Crippen molar-refractivity contribution in [3.8, 4) is 17.3 Å². The summed E-state index contributed by atoms with van der Waals surface area (Å²) in [6, 6.07) is 1.75. The van der Waals surface area contributed by atoms with Crippen molar-refractivity contribution in [3.05, 3.63) is 57.4 Å². The highest BCUT2D eigenvalue weighted by atomic mass is 35.5. The lowest BCUT2D eigenvalue weighted by Gasteiger charge is -2.30. The number of amides is 1. The van der Waals surface area contributed by atoms with Crippen LogP contribution in [0.15, 0.2) is 35.4 Å². The Morgan fingerprint density at radius 3 is 2.84 bits per heavy atom. The van der Waals surface area contributed by atoms with E-state index in [9.17, 15) is 9.59 Å². The van der Waals surface area contributed by atoms with Gasteiger partial charge in [-0.25, -0.2) is 4.39 Å². The van der Waals surface area contributed by atoms with Crippen molar-refractivity contribution in [2.45, 2.75) is 63.3 Å². The molecule has 3 aromatic heterocycles. The fourth-order valence-corrected chi connectivity index (χ4v) is 7.56. The molecule has 3 aliphatic rings. The number of carbonyl (C=O) groups is 1. The SMILES string of the molecule is C=C1CN2CCCC2(COc2nc3c(F)c(-c4c(CCCCC(=O)N5CCCC5)c(Cl)cc5[nH]ncc45)ncc3c(=O)[nH]2)C1. The molecule has 0 saturated carbocycles. The third-order valence-electron chi connectivity index (χ3n) is 9.45. The number of carbonyl (C=O) groups excluding carboxylic acids is 1. The third-order valence-corrected chi connectivity index (χ3v) is 9.78. The lowest BCUT2D eigenvalue weighted by Crippen LogP contribution is -2.43. The van der Waals surface area contributed by atoms with Crippen LogP contribution in [-0.2, 0) is 11.2 Å². The number of unbranched alkanes of at least 4 members (excludes halogenated alkanes) is 1. The van der Waals surface area contributed by atoms with Crippen LogP contribution in [0.25, 0.3) is 33.1 Å². The molecule has 2 N–H and O–H groups in total. The molecule has 1 unspecified atom stereocenters. The van der Waals surface area contributed by atoms with Crippen LogP contribution >= 0.6 is 11.6 Å². The lowest BCUT2D eigenvalue weighted by atomic mass is 9.94. The first-order valence-electron chi connectivity index (χ1n) is 15.4. The van der Waals surface area contributed by atoms with Crippen molar-refractivity contribution in [1.82, 2.24) is 34.9 Å². The number of halogens is 2. The van der Waals surface area contributed by atoms with E-state index < -0.39 is 11.4 Å². The first kappa shape index (κ1) is 28.9. The second-order valence-electron chi connectivity index (χ2n) is 12.4. The Balaban J connectivity index is 1.20. The fourth-order valence-electron chi connectivity index (χ4n) is 7.26. The predicted octanol–water partition coefficient (Wildman–Crippen LogP) is 5.16. The minimum absolute atomic E-state index is 0.0280. The van der Waals surface area contributed by atoms with Crippen molar-refractivity contribution >= 4 is 39.3 Å². The Kier molecular flexibility index (Phi) is 7.62. The van der Waals surface area contributed by atoms with Gasteiger partial charge in [-0.05, 0) is 69.5 Å². The van der Waals surface area contributed by atoms with Gasteiger partial charge in [0.15, 0.2) is 5.82 Å². The summed E-state index contributed by atoms with van der Waals surface area (Å²) in [5.74, 6) is -0.558. The summed E-state index contributed by atoms with van der Waals surface area (Å²) in [5.41, 5.74) is 2.23. The quantitative estimate of drug-likeness (QED) is 0.196. The van der Waals surface area contributed by atoms with Gasteiger partial charge < -0.3 is 9.64 Å². The maximum atomic E-state index is 16.5. The van der Waals surface area contributed by atoms with Crippen LogP contribution in [0, 0.1) is 5.82 Å². The van der Waals surface area contributed by atoms with Crippen LogP contribution in [0.5, 0.6) is 6.01 Å². The second kappa shape index (κ2) is 11.6. The van der Waals surface area contributed by atoms with Gasteiger partial charge in [0.1, 0.15) is 17.8 Å². The zero-order valence-corrected chi connectivity index (χ0v) is 25.3. The first-order valence-corrected chi connectivity index (χ1v) is 15.8. The third kappa shape index (κ3) is 5.15. The average Bonchev–Trinajstić information content (AvgIpc) is 3.80. The molecule has 0 bridgehead atoms. The number of likely N-dealkylation sites (tertiary alicyclic amines) is 1. The average molecular weight is 620 g/mol. The van der Waals surface area contributed by atoms with E-state index >= 15 is 4.39 Å². The summed E-state index contributed by atoms with van der Waals surface area (Å²) >= 11 is 6.76. The van der Waals surface area contributed by atoms with E-state index in [1.165, 1.54) is 6.20 Å². The van der Waals surface area contributed by atoms with Crippen LogP contribution in [-0.4, -0.2) is 79.2 Å². The number of hydrogen-bond acceptors (Lipinski definition) is 7. The zero-order valence-electron chi connectivity index (χ0n) is 24.6. The highest BCUT2D eigenvalue weighted by Gasteiger charge is 2.46. The molecular formula is C32H35ClFN7O3. The molecule has 4 aromatic rings. The molecule has 7 rings (SSSR count). The minimum Gasteiger partial charge on any atom is -0.463 e. The van der Waals surface area contributed by atoms with E-state index in [0.717, 1.165) is 63.9 Å². The van der Waals surface area contributed by atoms with E-state index in [0.29, 0.717) is 59.3 Å². The van der Waals surface area contributed by atoms with Crippen molar-refractivity contribution < 1.29 is 13.9 Å². The van der Waals surface area contributed by atoms with Crippen molar-refractivity contribution in [1.29, 1.82) is 0 Å². The van der Waals surface area contributed by atoms with Gasteiger partial charge in [0, 0.05) is 48.2 Å². The molecule has 230 valence electrons. The molecule has 44 heavy (non-hydrogen) atoms. The summed E-state index contributed by atoms with van der Waals surface area (Å²) in [6.45, 7) is 7.97. The summed E-state index contributed by atoms with van der Waals surface area (Å²) < 4.78 is 22.5. The van der Waals surface area contributed by atoms with Gasteiger partial charge in [0.25, 0.3) is 11.6 Å². The summed E-state index contributed by atoms with van der Waals surface area (Å²) in [7, 11) is 0. The van der Waals surface area contributed by atoms with Crippen molar-refractivity contribution in [3.63, 3.8) is 0 Å². The van der Waals surface area contributed by atoms with Crippen LogP contribution in [0.1, 0.15) is 56.9 Å². The number of benzene rings is 1. The molecule has 12 heteroatoms. The molecule has 1 aromatic carbocycles. The van der Waals surface area contributed by atoms with Gasteiger partial charge in [-0.3, -0.25) is 29.6 Å². The van der Waals surface area contributed by atoms with Crippen LogP contribution < -0.4 is 10.3 Å². The predicted molar refractivity (Wildman–Crippen MR) is 166 cm³/mol. The van der Waals surface area contributed by atoms with E-state index in [1.54, 1.807) is 12.3 Å². The maximum absolute atomic E-state index is 16.5. The summed E-state index contributed by atoms with van der Waals surface area (Å²) in [5, 5.41) is 8.21. The summed E-state index contributed by atoms with van der Waals surface area (Å²) in [6.07, 6.45) is 10.3. The molecule has 0 spiro atoms. The Morgan fingerprint density at radius 2 is 2.00 bits per heavy atom. The molecular weight excluding hydrogens is 585 g/mol. The number of nitrogens with one attached hydrogen (secondary N) is 2. The zero-order chi connectivity index (χ0) is 30.4. The molecule has 3 fully saturated rings. The Bertz CT molecular complexity index is 1830. The summed E-state index contributed by atoms with van der Waals surface area (Å²) in [4.78, 5) is 41.4. The van der Waals surface area contributed by atoms with Gasteiger partial charge >= 0.3 is 0 Å². The number of nitrogens with zero attached hydrogens (tertiary/aromatic N) is 5. The van der Waals surface area contributed by atoms with Crippen LogP contribution in [0.4, 0.5) is 4.39 Å². The minimum atomic E-state index is -0.733. The van der Waals surface area contributed by atoms with Gasteiger partial charge in [-0.2, -0.15) is 10.1 Å². The van der Waals surface area contributed by atoms with E-state index in [1.807, 2.05) is 4.90 Å². The van der Waals surface area contributed by atoms with Gasteiger partial charge in [-0.15, -0.1) is 0 Å². The maximum Gasteiger partial charge on any atom is 0.297 e. The lowest BCUT2D eigenvalue weighted by molar-refractivity contribution is -0.130.